The fraction of sp³-hybridized carbons (Fsp3) is 0.500. The van der Waals surface area contributed by atoms with Crippen LogP contribution in [0.2, 0.25) is 0 Å². The van der Waals surface area contributed by atoms with E-state index in [2.05, 4.69) is 5.32 Å². The van der Waals surface area contributed by atoms with Crippen LogP contribution in [0.5, 0.6) is 5.75 Å². The number of nitrogens with one attached hydrogen (secondary N) is 1. The highest BCUT2D eigenvalue weighted by molar-refractivity contribution is 5.75. The summed E-state index contributed by atoms with van der Waals surface area (Å²) in [5.41, 5.74) is 6.29. The lowest BCUT2D eigenvalue weighted by Crippen LogP contribution is -2.28. The summed E-state index contributed by atoms with van der Waals surface area (Å²) in [6.07, 6.45) is 1.29. The third kappa shape index (κ3) is 6.67. The topological polar surface area (TPSA) is 73.6 Å². The molecule has 1 unspecified atom stereocenters. The molecule has 5 heteroatoms. The third-order valence-electron chi connectivity index (χ3n) is 2.73. The molecule has 0 radical (unpaired) electrons. The van der Waals surface area contributed by atoms with Crippen molar-refractivity contribution in [1.82, 2.24) is 5.32 Å². The molecular weight excluding hydrogens is 244 g/mol. The summed E-state index contributed by atoms with van der Waals surface area (Å²) < 4.78 is 10.5. The number of nitrogens with two attached hydrogens (primary N) is 1. The molecule has 0 bridgehead atoms. The van der Waals surface area contributed by atoms with Crippen molar-refractivity contribution >= 4 is 11.6 Å². The van der Waals surface area contributed by atoms with E-state index >= 15 is 0 Å². The number of rotatable bonds is 8. The highest BCUT2D eigenvalue weighted by Crippen LogP contribution is 2.13. The first kappa shape index (κ1) is 15.3. The first-order valence-corrected chi connectivity index (χ1v) is 6.39. The van der Waals surface area contributed by atoms with Gasteiger partial charge < -0.3 is 20.5 Å². The number of hydrogen-bond acceptors (Lipinski definition) is 4. The van der Waals surface area contributed by atoms with Gasteiger partial charge in [0, 0.05) is 25.3 Å². The van der Waals surface area contributed by atoms with Gasteiger partial charge in [0.05, 0.1) is 12.6 Å². The van der Waals surface area contributed by atoms with E-state index in [0.717, 1.165) is 6.42 Å². The maximum atomic E-state index is 11.5. The molecule has 1 atom stereocenters. The molecule has 3 N–H and O–H groups in total. The van der Waals surface area contributed by atoms with Gasteiger partial charge in [-0.3, -0.25) is 4.79 Å². The lowest BCUT2D eigenvalue weighted by Gasteiger charge is -2.10. The number of carbonyl (C=O) groups excluding carboxylic acids is 1. The second kappa shape index (κ2) is 8.37. The van der Waals surface area contributed by atoms with Gasteiger partial charge in [-0.25, -0.2) is 0 Å². The van der Waals surface area contributed by atoms with Crippen molar-refractivity contribution in [2.45, 2.75) is 25.9 Å². The van der Waals surface area contributed by atoms with Gasteiger partial charge in [0.15, 0.2) is 0 Å². The first-order chi connectivity index (χ1) is 9.11. The quantitative estimate of drug-likeness (QED) is 0.553. The standard InChI is InChI=1S/C14H22N2O3/c1-11(18-2)6-7-14(17)16-8-9-19-13-5-3-4-12(15)10-13/h3-5,10-11H,6-9,15H2,1-2H3,(H,16,17). The predicted octanol–water partition coefficient (Wildman–Crippen LogP) is 1.58. The molecule has 0 aromatic heterocycles. The largest absolute Gasteiger partial charge is 0.492 e. The number of methoxy groups -OCH3 is 1. The summed E-state index contributed by atoms with van der Waals surface area (Å²) in [6.45, 7) is 2.85. The van der Waals surface area contributed by atoms with Gasteiger partial charge in [0.2, 0.25) is 5.91 Å². The van der Waals surface area contributed by atoms with E-state index in [1.807, 2.05) is 19.1 Å². The van der Waals surface area contributed by atoms with Gasteiger partial charge in [-0.1, -0.05) is 6.07 Å². The molecule has 0 aliphatic heterocycles. The first-order valence-electron chi connectivity index (χ1n) is 6.39. The number of carbonyl (C=O) groups is 1. The summed E-state index contributed by atoms with van der Waals surface area (Å²) >= 11 is 0. The number of benzene rings is 1. The average Bonchev–Trinajstić information content (AvgIpc) is 2.41. The maximum Gasteiger partial charge on any atom is 0.220 e. The smallest absolute Gasteiger partial charge is 0.220 e. The molecule has 0 saturated heterocycles. The minimum Gasteiger partial charge on any atom is -0.492 e. The molecule has 5 nitrogen and oxygen atoms in total. The van der Waals surface area contributed by atoms with Crippen molar-refractivity contribution in [2.24, 2.45) is 0 Å². The Morgan fingerprint density at radius 2 is 2.26 bits per heavy atom. The van der Waals surface area contributed by atoms with Crippen molar-refractivity contribution < 1.29 is 14.3 Å². The van der Waals surface area contributed by atoms with Crippen molar-refractivity contribution in [2.75, 3.05) is 26.0 Å². The Labute approximate surface area is 114 Å². The van der Waals surface area contributed by atoms with E-state index in [4.69, 9.17) is 15.2 Å². The summed E-state index contributed by atoms with van der Waals surface area (Å²) in [5.74, 6) is 0.724. The van der Waals surface area contributed by atoms with E-state index < -0.39 is 0 Å². The zero-order valence-corrected chi connectivity index (χ0v) is 11.5. The monoisotopic (exact) mass is 266 g/mol. The Bertz CT molecular complexity index is 396. The molecular formula is C14H22N2O3. The summed E-state index contributed by atoms with van der Waals surface area (Å²) in [7, 11) is 1.64. The molecule has 0 aliphatic rings. The van der Waals surface area contributed by atoms with Crippen LogP contribution in [0.1, 0.15) is 19.8 Å². The zero-order chi connectivity index (χ0) is 14.1. The van der Waals surface area contributed by atoms with Gasteiger partial charge in [0.1, 0.15) is 12.4 Å². The van der Waals surface area contributed by atoms with E-state index in [0.29, 0.717) is 31.0 Å². The lowest BCUT2D eigenvalue weighted by molar-refractivity contribution is -0.121. The van der Waals surface area contributed by atoms with Crippen LogP contribution in [0.4, 0.5) is 5.69 Å². The van der Waals surface area contributed by atoms with Crippen molar-refractivity contribution in [3.8, 4) is 5.75 Å². The second-order valence-corrected chi connectivity index (χ2v) is 4.36. The Morgan fingerprint density at radius 3 is 2.95 bits per heavy atom. The van der Waals surface area contributed by atoms with E-state index in [1.54, 1.807) is 19.2 Å². The van der Waals surface area contributed by atoms with Gasteiger partial charge in [-0.05, 0) is 25.5 Å². The molecule has 0 aliphatic carbocycles. The van der Waals surface area contributed by atoms with Crippen LogP contribution in [0.25, 0.3) is 0 Å². The average molecular weight is 266 g/mol. The molecule has 19 heavy (non-hydrogen) atoms. The summed E-state index contributed by atoms with van der Waals surface area (Å²) in [5, 5.41) is 2.80. The molecule has 0 spiro atoms. The highest BCUT2D eigenvalue weighted by Gasteiger charge is 2.05. The third-order valence-corrected chi connectivity index (χ3v) is 2.73. The van der Waals surface area contributed by atoms with Crippen LogP contribution in [0.3, 0.4) is 0 Å². The molecule has 1 aromatic carbocycles. The molecule has 106 valence electrons. The van der Waals surface area contributed by atoms with E-state index in [9.17, 15) is 4.79 Å². The minimum absolute atomic E-state index is 0.0140. The number of amides is 1. The number of ether oxygens (including phenoxy) is 2. The van der Waals surface area contributed by atoms with Crippen molar-refractivity contribution in [3.63, 3.8) is 0 Å². The maximum absolute atomic E-state index is 11.5. The number of nitrogen functional groups attached to an aromatic ring is 1. The summed E-state index contributed by atoms with van der Waals surface area (Å²) in [4.78, 5) is 11.5. The van der Waals surface area contributed by atoms with E-state index in [-0.39, 0.29) is 12.0 Å². The van der Waals surface area contributed by atoms with Crippen LogP contribution in [-0.2, 0) is 9.53 Å². The van der Waals surface area contributed by atoms with Gasteiger partial charge in [0.25, 0.3) is 0 Å². The van der Waals surface area contributed by atoms with Crippen LogP contribution in [-0.4, -0.2) is 32.3 Å². The Kier molecular flexibility index (Phi) is 6.74. The van der Waals surface area contributed by atoms with E-state index in [1.165, 1.54) is 0 Å². The number of hydrogen-bond donors (Lipinski definition) is 2. The van der Waals surface area contributed by atoms with Gasteiger partial charge in [-0.15, -0.1) is 0 Å². The normalized spacial score (nSPS) is 11.9. The van der Waals surface area contributed by atoms with Gasteiger partial charge in [-0.2, -0.15) is 0 Å². The molecule has 1 aromatic rings. The molecule has 1 rings (SSSR count). The van der Waals surface area contributed by atoms with Crippen LogP contribution in [0, 0.1) is 0 Å². The predicted molar refractivity (Wildman–Crippen MR) is 75.1 cm³/mol. The van der Waals surface area contributed by atoms with Crippen LogP contribution < -0.4 is 15.8 Å². The minimum atomic E-state index is 0.0140. The van der Waals surface area contributed by atoms with Crippen LogP contribution in [0.15, 0.2) is 24.3 Å². The molecule has 1 amide bonds. The highest BCUT2D eigenvalue weighted by atomic mass is 16.5. The zero-order valence-electron chi connectivity index (χ0n) is 11.5. The number of anilines is 1. The fourth-order valence-electron chi connectivity index (χ4n) is 1.50. The van der Waals surface area contributed by atoms with Crippen molar-refractivity contribution in [3.05, 3.63) is 24.3 Å². The molecule has 0 fully saturated rings. The summed E-state index contributed by atoms with van der Waals surface area (Å²) in [6, 6.07) is 7.21. The fourth-order valence-corrected chi connectivity index (χ4v) is 1.50. The molecule has 0 saturated carbocycles. The lowest BCUT2D eigenvalue weighted by atomic mass is 10.2. The molecule has 0 heterocycles. The van der Waals surface area contributed by atoms with Crippen molar-refractivity contribution in [1.29, 1.82) is 0 Å². The SMILES string of the molecule is COC(C)CCC(=O)NCCOc1cccc(N)c1. The Hall–Kier alpha value is -1.75. The second-order valence-electron chi connectivity index (χ2n) is 4.36. The Morgan fingerprint density at radius 1 is 1.47 bits per heavy atom. The van der Waals surface area contributed by atoms with Gasteiger partial charge >= 0.3 is 0 Å². The van der Waals surface area contributed by atoms with Crippen LogP contribution >= 0.6 is 0 Å². The Balaban J connectivity index is 2.12.